The highest BCUT2D eigenvalue weighted by molar-refractivity contribution is 5.78. The number of nitrogens with zero attached hydrogens (tertiary/aromatic N) is 1. The SMILES string of the molecule is CCN(CC)C(=O)CNC(C)CCCO. The standard InChI is InChI=1S/C11H24N2O2/c1-4-13(5-2)11(15)9-12-10(3)7-6-8-14/h10,12,14H,4-9H2,1-3H3. The Morgan fingerprint density at radius 1 is 1.40 bits per heavy atom. The van der Waals surface area contributed by atoms with Crippen molar-refractivity contribution in [2.75, 3.05) is 26.2 Å². The molecule has 1 amide bonds. The van der Waals surface area contributed by atoms with E-state index in [2.05, 4.69) is 5.32 Å². The normalized spacial score (nSPS) is 12.5. The Balaban J connectivity index is 3.69. The molecule has 2 N–H and O–H groups in total. The van der Waals surface area contributed by atoms with Crippen molar-refractivity contribution in [2.24, 2.45) is 0 Å². The minimum atomic E-state index is 0.149. The number of rotatable bonds is 8. The summed E-state index contributed by atoms with van der Waals surface area (Å²) in [6, 6.07) is 0.289. The van der Waals surface area contributed by atoms with Gasteiger partial charge in [-0.05, 0) is 33.6 Å². The predicted octanol–water partition coefficient (Wildman–Crippen LogP) is 0.605. The van der Waals surface area contributed by atoms with Crippen molar-refractivity contribution in [3.05, 3.63) is 0 Å². The van der Waals surface area contributed by atoms with Crippen LogP contribution >= 0.6 is 0 Å². The summed E-state index contributed by atoms with van der Waals surface area (Å²) in [5.74, 6) is 0.149. The molecule has 90 valence electrons. The lowest BCUT2D eigenvalue weighted by atomic mass is 10.2. The Morgan fingerprint density at radius 2 is 2.00 bits per heavy atom. The van der Waals surface area contributed by atoms with E-state index in [1.54, 1.807) is 0 Å². The minimum absolute atomic E-state index is 0.149. The summed E-state index contributed by atoms with van der Waals surface area (Å²) in [4.78, 5) is 13.4. The highest BCUT2D eigenvalue weighted by Gasteiger charge is 2.10. The first-order valence-electron chi connectivity index (χ1n) is 5.77. The van der Waals surface area contributed by atoms with Gasteiger partial charge in [-0.15, -0.1) is 0 Å². The van der Waals surface area contributed by atoms with Gasteiger partial charge in [-0.2, -0.15) is 0 Å². The first-order chi connectivity index (χ1) is 7.15. The molecule has 0 saturated carbocycles. The number of aliphatic hydroxyl groups excluding tert-OH is 1. The molecule has 0 aliphatic rings. The fraction of sp³-hybridized carbons (Fsp3) is 0.909. The average Bonchev–Trinajstić information content (AvgIpc) is 2.25. The van der Waals surface area contributed by atoms with Gasteiger partial charge in [0.15, 0.2) is 0 Å². The third-order valence-electron chi connectivity index (χ3n) is 2.51. The quantitative estimate of drug-likeness (QED) is 0.625. The van der Waals surface area contributed by atoms with Gasteiger partial charge in [-0.3, -0.25) is 4.79 Å². The van der Waals surface area contributed by atoms with Crippen molar-refractivity contribution in [1.29, 1.82) is 0 Å². The van der Waals surface area contributed by atoms with E-state index in [9.17, 15) is 4.79 Å². The molecule has 1 unspecified atom stereocenters. The van der Waals surface area contributed by atoms with Crippen LogP contribution in [0.15, 0.2) is 0 Å². The van der Waals surface area contributed by atoms with Crippen LogP contribution in [-0.2, 0) is 4.79 Å². The summed E-state index contributed by atoms with van der Waals surface area (Å²) in [5, 5.41) is 11.8. The summed E-state index contributed by atoms with van der Waals surface area (Å²) in [6.07, 6.45) is 1.69. The number of carbonyl (C=O) groups excluding carboxylic acids is 1. The molecule has 15 heavy (non-hydrogen) atoms. The van der Waals surface area contributed by atoms with Crippen LogP contribution in [0.5, 0.6) is 0 Å². The monoisotopic (exact) mass is 216 g/mol. The van der Waals surface area contributed by atoms with E-state index in [1.807, 2.05) is 25.7 Å². The van der Waals surface area contributed by atoms with Crippen molar-refractivity contribution in [1.82, 2.24) is 10.2 Å². The summed E-state index contributed by atoms with van der Waals surface area (Å²) in [7, 11) is 0. The molecular formula is C11H24N2O2. The number of amides is 1. The number of nitrogens with one attached hydrogen (secondary N) is 1. The highest BCUT2D eigenvalue weighted by atomic mass is 16.2. The average molecular weight is 216 g/mol. The van der Waals surface area contributed by atoms with Crippen LogP contribution in [-0.4, -0.2) is 48.2 Å². The van der Waals surface area contributed by atoms with Gasteiger partial charge in [0.05, 0.1) is 6.54 Å². The maximum atomic E-state index is 11.6. The van der Waals surface area contributed by atoms with E-state index < -0.39 is 0 Å². The Labute approximate surface area is 92.7 Å². The molecule has 0 spiro atoms. The van der Waals surface area contributed by atoms with E-state index in [-0.39, 0.29) is 18.6 Å². The van der Waals surface area contributed by atoms with Gasteiger partial charge < -0.3 is 15.3 Å². The molecule has 0 aromatic rings. The van der Waals surface area contributed by atoms with Gasteiger partial charge in [0.2, 0.25) is 5.91 Å². The van der Waals surface area contributed by atoms with Crippen molar-refractivity contribution in [2.45, 2.75) is 39.7 Å². The van der Waals surface area contributed by atoms with Gasteiger partial charge >= 0.3 is 0 Å². The predicted molar refractivity (Wildman–Crippen MR) is 61.7 cm³/mol. The van der Waals surface area contributed by atoms with Crippen LogP contribution in [0, 0.1) is 0 Å². The molecule has 0 aliphatic heterocycles. The molecular weight excluding hydrogens is 192 g/mol. The molecule has 1 atom stereocenters. The minimum Gasteiger partial charge on any atom is -0.396 e. The van der Waals surface area contributed by atoms with Crippen LogP contribution in [0.4, 0.5) is 0 Å². The lowest BCUT2D eigenvalue weighted by Gasteiger charge is -2.20. The van der Waals surface area contributed by atoms with E-state index in [4.69, 9.17) is 5.11 Å². The van der Waals surface area contributed by atoms with E-state index in [1.165, 1.54) is 0 Å². The second-order valence-electron chi connectivity index (χ2n) is 3.71. The van der Waals surface area contributed by atoms with Crippen molar-refractivity contribution in [3.63, 3.8) is 0 Å². The first kappa shape index (κ1) is 14.4. The highest BCUT2D eigenvalue weighted by Crippen LogP contribution is 1.95. The van der Waals surface area contributed by atoms with Crippen molar-refractivity contribution >= 4 is 5.91 Å². The second-order valence-corrected chi connectivity index (χ2v) is 3.71. The van der Waals surface area contributed by atoms with Gasteiger partial charge in [0.25, 0.3) is 0 Å². The fourth-order valence-electron chi connectivity index (χ4n) is 1.45. The molecule has 0 aromatic heterocycles. The summed E-state index contributed by atoms with van der Waals surface area (Å²) >= 11 is 0. The Bertz CT molecular complexity index is 170. The summed E-state index contributed by atoms with van der Waals surface area (Å²) < 4.78 is 0. The molecule has 0 saturated heterocycles. The lowest BCUT2D eigenvalue weighted by molar-refractivity contribution is -0.129. The van der Waals surface area contributed by atoms with Gasteiger partial charge in [0.1, 0.15) is 0 Å². The molecule has 0 heterocycles. The van der Waals surface area contributed by atoms with Gasteiger partial charge in [-0.25, -0.2) is 0 Å². The molecule has 0 fully saturated rings. The Morgan fingerprint density at radius 3 is 2.47 bits per heavy atom. The maximum absolute atomic E-state index is 11.6. The lowest BCUT2D eigenvalue weighted by Crippen LogP contribution is -2.40. The summed E-state index contributed by atoms with van der Waals surface area (Å²) in [6.45, 7) is 8.15. The molecule has 4 heteroatoms. The smallest absolute Gasteiger partial charge is 0.236 e. The fourth-order valence-corrected chi connectivity index (χ4v) is 1.45. The molecule has 0 rings (SSSR count). The Hall–Kier alpha value is -0.610. The number of carbonyl (C=O) groups is 1. The second kappa shape index (κ2) is 8.68. The van der Waals surface area contributed by atoms with E-state index >= 15 is 0 Å². The topological polar surface area (TPSA) is 52.6 Å². The number of hydrogen-bond acceptors (Lipinski definition) is 3. The van der Waals surface area contributed by atoms with Crippen LogP contribution in [0.3, 0.4) is 0 Å². The number of likely N-dealkylation sites (N-methyl/N-ethyl adjacent to an activating group) is 1. The molecule has 0 radical (unpaired) electrons. The largest absolute Gasteiger partial charge is 0.396 e. The van der Waals surface area contributed by atoms with E-state index in [0.29, 0.717) is 6.54 Å². The number of hydrogen-bond donors (Lipinski definition) is 2. The third-order valence-corrected chi connectivity index (χ3v) is 2.51. The molecule has 0 aliphatic carbocycles. The van der Waals surface area contributed by atoms with Gasteiger partial charge in [0, 0.05) is 25.7 Å². The Kier molecular flexibility index (Phi) is 8.33. The summed E-state index contributed by atoms with van der Waals surface area (Å²) in [5.41, 5.74) is 0. The van der Waals surface area contributed by atoms with E-state index in [0.717, 1.165) is 25.9 Å². The van der Waals surface area contributed by atoms with Crippen LogP contribution < -0.4 is 5.32 Å². The van der Waals surface area contributed by atoms with Gasteiger partial charge in [-0.1, -0.05) is 0 Å². The zero-order valence-electron chi connectivity index (χ0n) is 10.1. The zero-order chi connectivity index (χ0) is 11.7. The third kappa shape index (κ3) is 6.47. The molecule has 4 nitrogen and oxygen atoms in total. The first-order valence-corrected chi connectivity index (χ1v) is 5.77. The van der Waals surface area contributed by atoms with Crippen LogP contribution in [0.25, 0.3) is 0 Å². The van der Waals surface area contributed by atoms with Crippen molar-refractivity contribution < 1.29 is 9.90 Å². The van der Waals surface area contributed by atoms with Crippen molar-refractivity contribution in [3.8, 4) is 0 Å². The molecule has 0 aromatic carbocycles. The maximum Gasteiger partial charge on any atom is 0.236 e. The zero-order valence-corrected chi connectivity index (χ0v) is 10.1. The number of aliphatic hydroxyl groups is 1. The van der Waals surface area contributed by atoms with Crippen LogP contribution in [0.1, 0.15) is 33.6 Å². The molecule has 0 bridgehead atoms. The van der Waals surface area contributed by atoms with Crippen LogP contribution in [0.2, 0.25) is 0 Å².